The standard InChI is InChI=1S/C17H12N4O/c18-11-13-2-1-3-14(10-13)17(22)20-15-4-6-16(7-5-15)21-9-8-19-12-21/h1-10,12H,(H,20,22). The molecule has 0 saturated carbocycles. The molecule has 3 rings (SSSR count). The van der Waals surface area contributed by atoms with Crippen molar-refractivity contribution in [2.75, 3.05) is 5.32 Å². The van der Waals surface area contributed by atoms with Crippen LogP contribution in [0.15, 0.2) is 67.3 Å². The van der Waals surface area contributed by atoms with Crippen molar-refractivity contribution in [2.24, 2.45) is 0 Å². The first-order valence-corrected chi connectivity index (χ1v) is 6.66. The van der Waals surface area contributed by atoms with Crippen LogP contribution < -0.4 is 5.32 Å². The molecule has 0 aliphatic carbocycles. The molecule has 1 aromatic heterocycles. The van der Waals surface area contributed by atoms with Crippen molar-refractivity contribution >= 4 is 11.6 Å². The van der Waals surface area contributed by atoms with E-state index >= 15 is 0 Å². The summed E-state index contributed by atoms with van der Waals surface area (Å²) < 4.78 is 1.88. The van der Waals surface area contributed by atoms with Gasteiger partial charge in [-0.05, 0) is 42.5 Å². The molecule has 0 saturated heterocycles. The van der Waals surface area contributed by atoms with Gasteiger partial charge in [0.05, 0.1) is 18.0 Å². The number of hydrogen-bond acceptors (Lipinski definition) is 3. The average molecular weight is 288 g/mol. The van der Waals surface area contributed by atoms with Gasteiger partial charge >= 0.3 is 0 Å². The second-order valence-electron chi connectivity index (χ2n) is 4.66. The van der Waals surface area contributed by atoms with Gasteiger partial charge in [0.15, 0.2) is 0 Å². The maximum absolute atomic E-state index is 12.2. The largest absolute Gasteiger partial charge is 0.322 e. The SMILES string of the molecule is N#Cc1cccc(C(=O)Nc2ccc(-n3ccnc3)cc2)c1. The highest BCUT2D eigenvalue weighted by Gasteiger charge is 2.07. The number of benzene rings is 2. The maximum atomic E-state index is 12.2. The summed E-state index contributed by atoms with van der Waals surface area (Å²) in [5.41, 5.74) is 2.57. The van der Waals surface area contributed by atoms with E-state index in [1.165, 1.54) is 0 Å². The topological polar surface area (TPSA) is 70.7 Å². The van der Waals surface area contributed by atoms with E-state index in [1.54, 1.807) is 36.8 Å². The smallest absolute Gasteiger partial charge is 0.255 e. The van der Waals surface area contributed by atoms with Crippen molar-refractivity contribution in [3.05, 3.63) is 78.4 Å². The summed E-state index contributed by atoms with van der Waals surface area (Å²) in [6, 6.07) is 16.0. The van der Waals surface area contributed by atoms with Crippen molar-refractivity contribution in [1.29, 1.82) is 5.26 Å². The number of imidazole rings is 1. The Labute approximate surface area is 127 Å². The molecule has 3 aromatic rings. The summed E-state index contributed by atoms with van der Waals surface area (Å²) in [7, 11) is 0. The molecule has 0 radical (unpaired) electrons. The summed E-state index contributed by atoms with van der Waals surface area (Å²) in [5.74, 6) is -0.243. The van der Waals surface area contributed by atoms with Gasteiger partial charge in [-0.15, -0.1) is 0 Å². The number of amides is 1. The summed E-state index contributed by atoms with van der Waals surface area (Å²) in [4.78, 5) is 16.2. The zero-order valence-corrected chi connectivity index (χ0v) is 11.6. The van der Waals surface area contributed by atoms with E-state index < -0.39 is 0 Å². The molecule has 106 valence electrons. The minimum absolute atomic E-state index is 0.243. The molecule has 0 spiro atoms. The van der Waals surface area contributed by atoms with E-state index in [1.807, 2.05) is 41.1 Å². The van der Waals surface area contributed by atoms with Gasteiger partial charge in [0.2, 0.25) is 0 Å². The highest BCUT2D eigenvalue weighted by atomic mass is 16.1. The Balaban J connectivity index is 1.75. The van der Waals surface area contributed by atoms with Crippen molar-refractivity contribution in [3.8, 4) is 11.8 Å². The number of aromatic nitrogens is 2. The Morgan fingerprint density at radius 1 is 1.18 bits per heavy atom. The molecule has 5 heteroatoms. The van der Waals surface area contributed by atoms with Gasteiger partial charge in [0.25, 0.3) is 5.91 Å². The Morgan fingerprint density at radius 3 is 2.68 bits per heavy atom. The number of hydrogen-bond donors (Lipinski definition) is 1. The predicted molar refractivity (Wildman–Crippen MR) is 82.7 cm³/mol. The molecule has 1 amide bonds. The third kappa shape index (κ3) is 2.86. The Kier molecular flexibility index (Phi) is 3.67. The van der Waals surface area contributed by atoms with Crippen LogP contribution in [-0.2, 0) is 0 Å². The van der Waals surface area contributed by atoms with Crippen LogP contribution in [0.5, 0.6) is 0 Å². The molecule has 1 heterocycles. The molecule has 0 fully saturated rings. The quantitative estimate of drug-likeness (QED) is 0.805. The summed E-state index contributed by atoms with van der Waals surface area (Å²) >= 11 is 0. The molecule has 0 atom stereocenters. The molecule has 0 aliphatic heterocycles. The minimum Gasteiger partial charge on any atom is -0.322 e. The monoisotopic (exact) mass is 288 g/mol. The zero-order valence-electron chi connectivity index (χ0n) is 11.6. The maximum Gasteiger partial charge on any atom is 0.255 e. The van der Waals surface area contributed by atoms with Crippen LogP contribution >= 0.6 is 0 Å². The Hall–Kier alpha value is -3.39. The van der Waals surface area contributed by atoms with Crippen molar-refractivity contribution in [2.45, 2.75) is 0 Å². The molecule has 2 aromatic carbocycles. The molecular formula is C17H12N4O. The third-order valence-electron chi connectivity index (χ3n) is 3.18. The molecular weight excluding hydrogens is 276 g/mol. The summed E-state index contributed by atoms with van der Waals surface area (Å²) in [6.45, 7) is 0. The van der Waals surface area contributed by atoms with E-state index in [2.05, 4.69) is 10.3 Å². The van der Waals surface area contributed by atoms with Crippen molar-refractivity contribution in [3.63, 3.8) is 0 Å². The van der Waals surface area contributed by atoms with Crippen LogP contribution in [-0.4, -0.2) is 15.5 Å². The van der Waals surface area contributed by atoms with Crippen molar-refractivity contribution in [1.82, 2.24) is 9.55 Å². The van der Waals surface area contributed by atoms with Crippen LogP contribution in [0, 0.1) is 11.3 Å². The van der Waals surface area contributed by atoms with Gasteiger partial charge in [-0.25, -0.2) is 4.98 Å². The lowest BCUT2D eigenvalue weighted by Crippen LogP contribution is -2.11. The van der Waals surface area contributed by atoms with Crippen LogP contribution in [0.4, 0.5) is 5.69 Å². The second-order valence-corrected chi connectivity index (χ2v) is 4.66. The highest BCUT2D eigenvalue weighted by molar-refractivity contribution is 6.04. The first kappa shape index (κ1) is 13.6. The predicted octanol–water partition coefficient (Wildman–Crippen LogP) is 3.00. The van der Waals surface area contributed by atoms with Gasteiger partial charge < -0.3 is 9.88 Å². The summed E-state index contributed by atoms with van der Waals surface area (Å²) in [6.07, 6.45) is 5.26. The fourth-order valence-electron chi connectivity index (χ4n) is 2.06. The molecule has 0 aliphatic rings. The average Bonchev–Trinajstić information content (AvgIpc) is 3.10. The number of carbonyl (C=O) groups is 1. The normalized spacial score (nSPS) is 9.95. The number of rotatable bonds is 3. The fraction of sp³-hybridized carbons (Fsp3) is 0. The summed E-state index contributed by atoms with van der Waals surface area (Å²) in [5, 5.41) is 11.7. The lowest BCUT2D eigenvalue weighted by Gasteiger charge is -2.07. The van der Waals surface area contributed by atoms with Crippen LogP contribution in [0.2, 0.25) is 0 Å². The second kappa shape index (κ2) is 5.94. The van der Waals surface area contributed by atoms with E-state index in [0.717, 1.165) is 5.69 Å². The molecule has 0 unspecified atom stereocenters. The minimum atomic E-state index is -0.243. The zero-order chi connectivity index (χ0) is 15.4. The van der Waals surface area contributed by atoms with Gasteiger partial charge in [0.1, 0.15) is 0 Å². The van der Waals surface area contributed by atoms with Crippen LogP contribution in [0.1, 0.15) is 15.9 Å². The number of anilines is 1. The molecule has 0 bridgehead atoms. The van der Waals surface area contributed by atoms with Crippen LogP contribution in [0.3, 0.4) is 0 Å². The van der Waals surface area contributed by atoms with Gasteiger partial charge in [-0.2, -0.15) is 5.26 Å². The van der Waals surface area contributed by atoms with Crippen molar-refractivity contribution < 1.29 is 4.79 Å². The van der Waals surface area contributed by atoms with E-state index in [4.69, 9.17) is 5.26 Å². The number of nitrogens with zero attached hydrogens (tertiary/aromatic N) is 3. The lowest BCUT2D eigenvalue weighted by atomic mass is 10.1. The van der Waals surface area contributed by atoms with E-state index in [-0.39, 0.29) is 5.91 Å². The van der Waals surface area contributed by atoms with Gasteiger partial charge in [0, 0.05) is 29.3 Å². The molecule has 5 nitrogen and oxygen atoms in total. The van der Waals surface area contributed by atoms with E-state index in [0.29, 0.717) is 16.8 Å². The van der Waals surface area contributed by atoms with Gasteiger partial charge in [-0.1, -0.05) is 6.07 Å². The highest BCUT2D eigenvalue weighted by Crippen LogP contribution is 2.14. The van der Waals surface area contributed by atoms with Crippen LogP contribution in [0.25, 0.3) is 5.69 Å². The first-order valence-electron chi connectivity index (χ1n) is 6.66. The number of nitrogens with one attached hydrogen (secondary N) is 1. The number of carbonyl (C=O) groups excluding carboxylic acids is 1. The third-order valence-corrected chi connectivity index (χ3v) is 3.18. The van der Waals surface area contributed by atoms with Gasteiger partial charge in [-0.3, -0.25) is 4.79 Å². The Morgan fingerprint density at radius 2 is 2.00 bits per heavy atom. The fourth-order valence-corrected chi connectivity index (χ4v) is 2.06. The number of nitriles is 1. The lowest BCUT2D eigenvalue weighted by molar-refractivity contribution is 0.102. The first-order chi connectivity index (χ1) is 10.8. The molecule has 22 heavy (non-hydrogen) atoms. The Bertz CT molecular complexity index is 830. The van der Waals surface area contributed by atoms with E-state index in [9.17, 15) is 4.79 Å². The molecule has 1 N–H and O–H groups in total.